The van der Waals surface area contributed by atoms with Crippen molar-refractivity contribution in [1.29, 1.82) is 0 Å². The van der Waals surface area contributed by atoms with E-state index in [9.17, 15) is 0 Å². The van der Waals surface area contributed by atoms with Gasteiger partial charge in [0.05, 0.1) is 22.9 Å². The predicted molar refractivity (Wildman–Crippen MR) is 76.4 cm³/mol. The van der Waals surface area contributed by atoms with Crippen molar-refractivity contribution in [2.24, 2.45) is 6.98 Å². The predicted octanol–water partition coefficient (Wildman–Crippen LogP) is 1.87. The van der Waals surface area contributed by atoms with Crippen LogP contribution in [0.25, 0.3) is 10.9 Å². The molecule has 3 rings (SSSR count). The Balaban J connectivity index is 2.03. The van der Waals surface area contributed by atoms with E-state index in [0.29, 0.717) is 5.52 Å². The van der Waals surface area contributed by atoms with E-state index < -0.39 is 25.3 Å². The maximum Gasteiger partial charge on any atom is 0.494 e. The Bertz CT molecular complexity index is 708. The second-order valence-corrected chi connectivity index (χ2v) is 5.96. The topological polar surface area (TPSA) is 36.3 Å². The molecule has 1 aliphatic rings. The van der Waals surface area contributed by atoms with E-state index >= 15 is 0 Å². The maximum atomic E-state index is 7.55. The molecule has 0 bridgehead atoms. The molecule has 0 aliphatic carbocycles. The second kappa shape index (κ2) is 3.84. The van der Waals surface area contributed by atoms with E-state index in [4.69, 9.17) is 13.4 Å². The minimum Gasteiger partial charge on any atom is -0.399 e. The molecule has 0 radical (unpaired) electrons. The van der Waals surface area contributed by atoms with Gasteiger partial charge in [-0.25, -0.2) is 0 Å². The molecule has 1 aromatic heterocycles. The zero-order valence-corrected chi connectivity index (χ0v) is 11.6. The van der Waals surface area contributed by atoms with Crippen LogP contribution in [-0.2, 0) is 16.3 Å². The maximum absolute atomic E-state index is 7.55. The van der Waals surface area contributed by atoms with Crippen molar-refractivity contribution in [1.82, 2.24) is 9.78 Å². The zero-order valence-electron chi connectivity index (χ0n) is 14.6. The van der Waals surface area contributed by atoms with Gasteiger partial charge in [-0.05, 0) is 39.2 Å². The highest BCUT2D eigenvalue weighted by Gasteiger charge is 2.51. The molecule has 19 heavy (non-hydrogen) atoms. The third kappa shape index (κ3) is 1.88. The summed E-state index contributed by atoms with van der Waals surface area (Å²) in [4.78, 5) is 0. The smallest absolute Gasteiger partial charge is 0.399 e. The first-order chi connectivity index (χ1) is 10.0. The average Bonchev–Trinajstić information content (AvgIpc) is 2.87. The molecule has 0 N–H and O–H groups in total. The van der Waals surface area contributed by atoms with Gasteiger partial charge < -0.3 is 9.31 Å². The molecule has 0 unspecified atom stereocenters. The van der Waals surface area contributed by atoms with Gasteiger partial charge in [0, 0.05) is 16.5 Å². The number of hydrogen-bond donors (Lipinski definition) is 0. The van der Waals surface area contributed by atoms with Crippen LogP contribution >= 0.6 is 0 Å². The Hall–Kier alpha value is -1.33. The molecule has 0 saturated carbocycles. The van der Waals surface area contributed by atoms with Gasteiger partial charge in [-0.3, -0.25) is 4.68 Å². The van der Waals surface area contributed by atoms with Gasteiger partial charge in [0.2, 0.25) is 0 Å². The fraction of sp³-hybridized carbons (Fsp3) is 0.500. The van der Waals surface area contributed by atoms with Crippen LogP contribution in [0.15, 0.2) is 24.4 Å². The van der Waals surface area contributed by atoms with E-state index in [2.05, 4.69) is 5.10 Å². The van der Waals surface area contributed by atoms with Crippen LogP contribution in [-0.4, -0.2) is 28.1 Å². The lowest BCUT2D eigenvalue weighted by Crippen LogP contribution is -2.41. The summed E-state index contributed by atoms with van der Waals surface area (Å²) in [7, 11) is -0.519. The lowest BCUT2D eigenvalue weighted by atomic mass is 9.79. The first-order valence-electron chi connectivity index (χ1n) is 7.85. The Kier molecular flexibility index (Phi) is 1.93. The summed E-state index contributed by atoms with van der Waals surface area (Å²) in [6.45, 7) is 5.63. The fourth-order valence-corrected chi connectivity index (χ4v) is 2.16. The number of benzene rings is 1. The molecule has 1 aliphatic heterocycles. The lowest BCUT2D eigenvalue weighted by Gasteiger charge is -2.32. The van der Waals surface area contributed by atoms with Crippen molar-refractivity contribution in [3.05, 3.63) is 24.4 Å². The fourth-order valence-electron chi connectivity index (χ4n) is 2.16. The van der Waals surface area contributed by atoms with Gasteiger partial charge in [-0.15, -0.1) is 0 Å². The molecule has 1 fully saturated rings. The van der Waals surface area contributed by atoms with Gasteiger partial charge >= 0.3 is 7.12 Å². The second-order valence-electron chi connectivity index (χ2n) is 5.96. The van der Waals surface area contributed by atoms with E-state index in [1.807, 2.05) is 39.8 Å². The summed E-state index contributed by atoms with van der Waals surface area (Å²) in [6, 6.07) is 5.50. The monoisotopic (exact) mass is 261 g/mol. The molecule has 0 amide bonds. The standard InChI is InChI=1S/C14H19BN2O2/c1-13(2)14(3,4)19-15(18-13)11-7-6-10-9-16-17(5)12(10)8-11/h6-9H,1-5H3/i5D3. The third-order valence-electron chi connectivity index (χ3n) is 4.12. The Morgan fingerprint density at radius 2 is 1.89 bits per heavy atom. The molecule has 100 valence electrons. The number of hydrogen-bond acceptors (Lipinski definition) is 3. The normalized spacial score (nSPS) is 24.2. The largest absolute Gasteiger partial charge is 0.494 e. The van der Waals surface area contributed by atoms with Crippen LogP contribution in [0.1, 0.15) is 31.8 Å². The van der Waals surface area contributed by atoms with Crippen LogP contribution in [0, 0.1) is 0 Å². The summed E-state index contributed by atoms with van der Waals surface area (Å²) in [5.41, 5.74) is 0.470. The number of aryl methyl sites for hydroxylation is 1. The highest BCUT2D eigenvalue weighted by Crippen LogP contribution is 2.36. The molecule has 0 spiro atoms. The van der Waals surface area contributed by atoms with Gasteiger partial charge in [0.25, 0.3) is 0 Å². The van der Waals surface area contributed by atoms with Crippen molar-refractivity contribution >= 4 is 23.5 Å². The first kappa shape index (κ1) is 9.56. The summed E-state index contributed by atoms with van der Waals surface area (Å²) in [5, 5.41) is 4.74. The number of aromatic nitrogens is 2. The molecule has 1 aromatic carbocycles. The third-order valence-corrected chi connectivity index (χ3v) is 4.12. The van der Waals surface area contributed by atoms with Crippen molar-refractivity contribution < 1.29 is 13.4 Å². The summed E-state index contributed by atoms with van der Waals surface area (Å²) in [6.07, 6.45) is 1.55. The Labute approximate surface area is 118 Å². The molecule has 2 heterocycles. The zero-order chi connectivity index (χ0) is 16.3. The van der Waals surface area contributed by atoms with Crippen LogP contribution in [0.3, 0.4) is 0 Å². The summed E-state index contributed by atoms with van der Waals surface area (Å²) >= 11 is 0. The Morgan fingerprint density at radius 1 is 1.21 bits per heavy atom. The minimum absolute atomic E-state index is 0.434. The van der Waals surface area contributed by atoms with Gasteiger partial charge in [0.1, 0.15) is 0 Å². The van der Waals surface area contributed by atoms with E-state index in [-0.39, 0.29) is 0 Å². The molecule has 5 heteroatoms. The van der Waals surface area contributed by atoms with Crippen LogP contribution in [0.4, 0.5) is 0 Å². The highest BCUT2D eigenvalue weighted by atomic mass is 16.7. The molecule has 1 saturated heterocycles. The number of nitrogens with zero attached hydrogens (tertiary/aromatic N) is 2. The van der Waals surface area contributed by atoms with Gasteiger partial charge in [-0.2, -0.15) is 5.10 Å². The SMILES string of the molecule is [2H]C([2H])([2H])n1ncc2ccc(B3OC(C)(C)C(C)(C)O3)cc21. The quantitative estimate of drug-likeness (QED) is 0.735. The van der Waals surface area contributed by atoms with E-state index in [0.717, 1.165) is 15.5 Å². The van der Waals surface area contributed by atoms with Crippen LogP contribution in [0.2, 0.25) is 0 Å². The lowest BCUT2D eigenvalue weighted by molar-refractivity contribution is 0.00578. The number of fused-ring (bicyclic) bond motifs is 1. The van der Waals surface area contributed by atoms with Crippen molar-refractivity contribution in [2.45, 2.75) is 38.9 Å². The summed E-state index contributed by atoms with van der Waals surface area (Å²) in [5.74, 6) is 0. The van der Waals surface area contributed by atoms with Crippen molar-refractivity contribution in [2.75, 3.05) is 0 Å². The van der Waals surface area contributed by atoms with Crippen molar-refractivity contribution in [3.8, 4) is 0 Å². The minimum atomic E-state index is -2.31. The van der Waals surface area contributed by atoms with E-state index in [1.165, 1.54) is 0 Å². The molecule has 2 aromatic rings. The first-order valence-corrected chi connectivity index (χ1v) is 6.35. The molecule has 0 atom stereocenters. The molecular formula is C14H19BN2O2. The van der Waals surface area contributed by atoms with Crippen LogP contribution < -0.4 is 5.46 Å². The molecule has 4 nitrogen and oxygen atoms in total. The van der Waals surface area contributed by atoms with Gasteiger partial charge in [-0.1, -0.05) is 12.1 Å². The Morgan fingerprint density at radius 3 is 2.53 bits per heavy atom. The highest BCUT2D eigenvalue weighted by molar-refractivity contribution is 6.62. The van der Waals surface area contributed by atoms with Gasteiger partial charge in [0.15, 0.2) is 0 Å². The average molecular weight is 261 g/mol. The number of rotatable bonds is 1. The summed E-state index contributed by atoms with van der Waals surface area (Å²) < 4.78 is 35.7. The van der Waals surface area contributed by atoms with Crippen molar-refractivity contribution in [3.63, 3.8) is 0 Å². The van der Waals surface area contributed by atoms with E-state index in [1.54, 1.807) is 12.3 Å². The van der Waals surface area contributed by atoms with Crippen LogP contribution in [0.5, 0.6) is 0 Å². The molecular weight excluding hydrogens is 239 g/mol.